The topological polar surface area (TPSA) is 41.1 Å². The molecule has 0 saturated carbocycles. The van der Waals surface area contributed by atoms with E-state index in [1.807, 2.05) is 0 Å². The van der Waals surface area contributed by atoms with Crippen molar-refractivity contribution in [1.29, 1.82) is 0 Å². The molecular formula is C17H24Cl3FN2O. The van der Waals surface area contributed by atoms with Gasteiger partial charge in [-0.3, -0.25) is 4.79 Å². The summed E-state index contributed by atoms with van der Waals surface area (Å²) in [7, 11) is 0. The van der Waals surface area contributed by atoms with Crippen molar-refractivity contribution in [3.05, 3.63) is 33.6 Å². The lowest BCUT2D eigenvalue weighted by atomic mass is 9.85. The highest BCUT2D eigenvalue weighted by atomic mass is 35.5. The molecule has 1 aliphatic heterocycles. The summed E-state index contributed by atoms with van der Waals surface area (Å²) < 4.78 is 13.6. The third-order valence-corrected chi connectivity index (χ3v) is 5.15. The standard InChI is InChI=1S/C17H23Cl2FN2O.ClH/c1-10(12-4-3-5-21-9-12)6-17(23)22-11(2)13-7-16(20)15(19)8-14(13)18;/h7-8,10-12,21H,3-6,9H2,1-2H3,(H,22,23);1H. The van der Waals surface area contributed by atoms with Crippen molar-refractivity contribution in [3.63, 3.8) is 0 Å². The lowest BCUT2D eigenvalue weighted by Gasteiger charge is -2.28. The maximum Gasteiger partial charge on any atom is 0.220 e. The van der Waals surface area contributed by atoms with Crippen molar-refractivity contribution >= 4 is 41.5 Å². The molecule has 136 valence electrons. The van der Waals surface area contributed by atoms with Crippen LogP contribution in [0.25, 0.3) is 0 Å². The molecule has 1 saturated heterocycles. The smallest absolute Gasteiger partial charge is 0.220 e. The number of amides is 1. The van der Waals surface area contributed by atoms with Gasteiger partial charge in [0.2, 0.25) is 5.91 Å². The Morgan fingerprint density at radius 1 is 1.38 bits per heavy atom. The zero-order chi connectivity index (χ0) is 17.0. The van der Waals surface area contributed by atoms with E-state index in [9.17, 15) is 9.18 Å². The number of nitrogens with one attached hydrogen (secondary N) is 2. The summed E-state index contributed by atoms with van der Waals surface area (Å²) in [6.07, 6.45) is 2.78. The molecule has 0 aliphatic carbocycles. The monoisotopic (exact) mass is 396 g/mol. The molecular weight excluding hydrogens is 374 g/mol. The first kappa shape index (κ1) is 21.5. The Morgan fingerprint density at radius 3 is 2.71 bits per heavy atom. The van der Waals surface area contributed by atoms with Crippen LogP contribution >= 0.6 is 35.6 Å². The maximum atomic E-state index is 13.6. The lowest BCUT2D eigenvalue weighted by molar-refractivity contribution is -0.123. The molecule has 24 heavy (non-hydrogen) atoms. The zero-order valence-corrected chi connectivity index (χ0v) is 16.2. The van der Waals surface area contributed by atoms with Gasteiger partial charge in [0, 0.05) is 11.4 Å². The van der Waals surface area contributed by atoms with Crippen molar-refractivity contribution in [2.24, 2.45) is 11.8 Å². The molecule has 3 nitrogen and oxygen atoms in total. The molecule has 1 amide bonds. The molecule has 3 unspecified atom stereocenters. The van der Waals surface area contributed by atoms with Gasteiger partial charge in [-0.05, 0) is 62.4 Å². The fourth-order valence-electron chi connectivity index (χ4n) is 3.07. The third kappa shape index (κ3) is 5.76. The molecule has 1 aromatic rings. The summed E-state index contributed by atoms with van der Waals surface area (Å²) in [6.45, 7) is 5.93. The zero-order valence-electron chi connectivity index (χ0n) is 13.9. The Bertz CT molecular complexity index is 565. The molecule has 2 rings (SSSR count). The van der Waals surface area contributed by atoms with E-state index in [1.54, 1.807) is 6.92 Å². The van der Waals surface area contributed by atoms with Gasteiger partial charge in [0.1, 0.15) is 5.82 Å². The minimum Gasteiger partial charge on any atom is -0.350 e. The van der Waals surface area contributed by atoms with Crippen molar-refractivity contribution in [1.82, 2.24) is 10.6 Å². The maximum absolute atomic E-state index is 13.6. The number of hydrogen-bond acceptors (Lipinski definition) is 2. The Kier molecular flexibility index (Phi) is 8.78. The first-order valence-corrected chi connectivity index (χ1v) is 8.78. The Hall–Kier alpha value is -0.550. The van der Waals surface area contributed by atoms with Gasteiger partial charge in [-0.1, -0.05) is 30.1 Å². The number of carbonyl (C=O) groups excluding carboxylic acids is 1. The van der Waals surface area contributed by atoms with Crippen molar-refractivity contribution < 1.29 is 9.18 Å². The molecule has 0 spiro atoms. The molecule has 2 N–H and O–H groups in total. The summed E-state index contributed by atoms with van der Waals surface area (Å²) >= 11 is 11.8. The average Bonchev–Trinajstić information content (AvgIpc) is 2.51. The van der Waals surface area contributed by atoms with E-state index in [0.29, 0.717) is 28.8 Å². The van der Waals surface area contributed by atoms with E-state index in [1.165, 1.54) is 12.1 Å². The number of rotatable bonds is 5. The minimum absolute atomic E-state index is 0. The summed E-state index contributed by atoms with van der Waals surface area (Å²) in [5, 5.41) is 6.61. The predicted molar refractivity (Wildman–Crippen MR) is 99.6 cm³/mol. The van der Waals surface area contributed by atoms with Crippen LogP contribution in [0.5, 0.6) is 0 Å². The predicted octanol–water partition coefficient (Wildman–Crippen LogP) is 4.76. The Morgan fingerprint density at radius 2 is 2.08 bits per heavy atom. The van der Waals surface area contributed by atoms with E-state index in [2.05, 4.69) is 17.6 Å². The van der Waals surface area contributed by atoms with Crippen LogP contribution in [0.4, 0.5) is 4.39 Å². The van der Waals surface area contributed by atoms with Gasteiger partial charge >= 0.3 is 0 Å². The van der Waals surface area contributed by atoms with E-state index < -0.39 is 5.82 Å². The largest absolute Gasteiger partial charge is 0.350 e. The van der Waals surface area contributed by atoms with Crippen LogP contribution in [0.3, 0.4) is 0 Å². The van der Waals surface area contributed by atoms with Crippen LogP contribution in [-0.4, -0.2) is 19.0 Å². The number of benzene rings is 1. The number of carbonyl (C=O) groups is 1. The van der Waals surface area contributed by atoms with Gasteiger partial charge in [-0.25, -0.2) is 4.39 Å². The first-order chi connectivity index (χ1) is 10.9. The fraction of sp³-hybridized carbons (Fsp3) is 0.588. The highest BCUT2D eigenvalue weighted by molar-refractivity contribution is 6.35. The Labute approximate surface area is 159 Å². The molecule has 0 bridgehead atoms. The quantitative estimate of drug-likeness (QED) is 0.703. The highest BCUT2D eigenvalue weighted by Crippen LogP contribution is 2.29. The van der Waals surface area contributed by atoms with Crippen molar-refractivity contribution in [2.45, 2.75) is 39.2 Å². The molecule has 1 heterocycles. The third-order valence-electron chi connectivity index (χ3n) is 4.53. The van der Waals surface area contributed by atoms with Crippen LogP contribution < -0.4 is 10.6 Å². The summed E-state index contributed by atoms with van der Waals surface area (Å²) in [5.41, 5.74) is 0.536. The molecule has 1 aliphatic rings. The molecule has 0 aromatic heterocycles. The van der Waals surface area contributed by atoms with Crippen LogP contribution in [0.15, 0.2) is 12.1 Å². The van der Waals surface area contributed by atoms with Gasteiger partial charge < -0.3 is 10.6 Å². The highest BCUT2D eigenvalue weighted by Gasteiger charge is 2.23. The SMILES string of the molecule is CC(NC(=O)CC(C)C1CCCNC1)c1cc(F)c(Cl)cc1Cl.Cl. The normalized spacial score (nSPS) is 20.0. The lowest BCUT2D eigenvalue weighted by Crippen LogP contribution is -2.36. The molecule has 3 atom stereocenters. The van der Waals surface area contributed by atoms with E-state index in [-0.39, 0.29) is 29.4 Å². The van der Waals surface area contributed by atoms with E-state index in [4.69, 9.17) is 23.2 Å². The van der Waals surface area contributed by atoms with Crippen molar-refractivity contribution in [3.8, 4) is 0 Å². The second kappa shape index (κ2) is 9.81. The molecule has 7 heteroatoms. The second-order valence-corrected chi connectivity index (χ2v) is 7.18. The number of piperidine rings is 1. The molecule has 1 fully saturated rings. The summed E-state index contributed by atoms with van der Waals surface area (Å²) in [5.74, 6) is 0.268. The summed E-state index contributed by atoms with van der Waals surface area (Å²) in [6, 6.07) is 2.29. The molecule has 1 aromatic carbocycles. The van der Waals surface area contributed by atoms with Crippen molar-refractivity contribution in [2.75, 3.05) is 13.1 Å². The fourth-order valence-corrected chi connectivity index (χ4v) is 3.62. The van der Waals surface area contributed by atoms with Crippen LogP contribution in [0.2, 0.25) is 10.0 Å². The van der Waals surface area contributed by atoms with Gasteiger partial charge in [0.15, 0.2) is 0 Å². The Balaban J connectivity index is 0.00000288. The first-order valence-electron chi connectivity index (χ1n) is 8.03. The van der Waals surface area contributed by atoms with Crippen LogP contribution in [0, 0.1) is 17.7 Å². The average molecular weight is 398 g/mol. The van der Waals surface area contributed by atoms with E-state index >= 15 is 0 Å². The van der Waals surface area contributed by atoms with Gasteiger partial charge in [-0.2, -0.15) is 0 Å². The van der Waals surface area contributed by atoms with Gasteiger partial charge in [-0.15, -0.1) is 12.4 Å². The van der Waals surface area contributed by atoms with Crippen LogP contribution in [-0.2, 0) is 4.79 Å². The summed E-state index contributed by atoms with van der Waals surface area (Å²) in [4.78, 5) is 12.2. The van der Waals surface area contributed by atoms with E-state index in [0.717, 1.165) is 25.9 Å². The minimum atomic E-state index is -0.534. The van der Waals surface area contributed by atoms with Gasteiger partial charge in [0.25, 0.3) is 0 Å². The van der Waals surface area contributed by atoms with Gasteiger partial charge in [0.05, 0.1) is 11.1 Å². The number of hydrogen-bond donors (Lipinski definition) is 2. The number of halogens is 4. The second-order valence-electron chi connectivity index (χ2n) is 6.36. The molecule has 0 radical (unpaired) electrons. The van der Waals surface area contributed by atoms with Crippen LogP contribution in [0.1, 0.15) is 44.7 Å².